The van der Waals surface area contributed by atoms with Crippen LogP contribution in [-0.2, 0) is 0 Å². The van der Waals surface area contributed by atoms with Crippen LogP contribution in [-0.4, -0.2) is 18.2 Å². The molecule has 3 nitrogen and oxygen atoms in total. The van der Waals surface area contributed by atoms with Crippen LogP contribution in [0.3, 0.4) is 0 Å². The molecule has 18 heavy (non-hydrogen) atoms. The molecule has 1 rings (SSSR count). The number of rotatable bonds is 7. The number of thiocarbonyl (C=S) groups is 1. The van der Waals surface area contributed by atoms with Gasteiger partial charge in [0.25, 0.3) is 0 Å². The van der Waals surface area contributed by atoms with Gasteiger partial charge in [-0.2, -0.15) is 0 Å². The number of benzene rings is 1. The van der Waals surface area contributed by atoms with Crippen LogP contribution < -0.4 is 15.8 Å². The van der Waals surface area contributed by atoms with E-state index in [1.54, 1.807) is 5.49 Å². The van der Waals surface area contributed by atoms with Crippen molar-refractivity contribution in [1.29, 1.82) is 0 Å². The van der Waals surface area contributed by atoms with Crippen molar-refractivity contribution < 1.29 is 0 Å². The first kappa shape index (κ1) is 15.2. The molecule has 1 aromatic rings. The van der Waals surface area contributed by atoms with Gasteiger partial charge in [0.1, 0.15) is 5.66 Å². The summed E-state index contributed by atoms with van der Waals surface area (Å²) in [6.07, 6.45) is 1.84. The molecular formula is C13H20ClN3S. The highest BCUT2D eigenvalue weighted by Crippen LogP contribution is 2.19. The average molecular weight is 286 g/mol. The first-order chi connectivity index (χ1) is 8.56. The molecule has 0 unspecified atom stereocenters. The van der Waals surface area contributed by atoms with E-state index in [1.807, 2.05) is 36.3 Å². The van der Waals surface area contributed by atoms with Crippen molar-refractivity contribution in [3.8, 4) is 0 Å². The molecule has 2 N–H and O–H groups in total. The van der Waals surface area contributed by atoms with E-state index in [-0.39, 0.29) is 5.66 Å². The van der Waals surface area contributed by atoms with E-state index in [2.05, 4.69) is 24.6 Å². The molecule has 0 saturated heterocycles. The highest BCUT2D eigenvalue weighted by Gasteiger charge is 2.25. The maximum absolute atomic E-state index is 6.00. The summed E-state index contributed by atoms with van der Waals surface area (Å²) in [4.78, 5) is 0. The van der Waals surface area contributed by atoms with E-state index >= 15 is 0 Å². The maximum atomic E-state index is 6.00. The number of hydrogen-bond donors (Lipinski definition) is 2. The molecule has 0 spiro atoms. The third-order valence-electron chi connectivity index (χ3n) is 3.12. The van der Waals surface area contributed by atoms with Gasteiger partial charge >= 0.3 is 0 Å². The lowest BCUT2D eigenvalue weighted by atomic mass is 10.1. The number of hydrazine groups is 1. The number of anilines is 1. The van der Waals surface area contributed by atoms with Gasteiger partial charge < -0.3 is 10.3 Å². The molecule has 0 aliphatic carbocycles. The molecule has 0 saturated carbocycles. The Morgan fingerprint density at radius 3 is 2.56 bits per heavy atom. The zero-order valence-corrected chi connectivity index (χ0v) is 12.6. The van der Waals surface area contributed by atoms with Crippen molar-refractivity contribution >= 4 is 35.0 Å². The fraction of sp³-hybridized carbons (Fsp3) is 0.462. The minimum Gasteiger partial charge on any atom is -0.363 e. The maximum Gasteiger partial charge on any atom is 0.105 e. The Bertz CT molecular complexity index is 394. The highest BCUT2D eigenvalue weighted by atomic mass is 35.5. The summed E-state index contributed by atoms with van der Waals surface area (Å²) >= 11 is 10.9. The Morgan fingerprint density at radius 2 is 2.06 bits per heavy atom. The lowest BCUT2D eigenvalue weighted by molar-refractivity contribution is 0.276. The zero-order chi connectivity index (χ0) is 13.6. The van der Waals surface area contributed by atoms with Crippen LogP contribution in [0.5, 0.6) is 0 Å². The van der Waals surface area contributed by atoms with Gasteiger partial charge in [0, 0.05) is 12.1 Å². The van der Waals surface area contributed by atoms with Crippen molar-refractivity contribution in [1.82, 2.24) is 10.7 Å². The second-order valence-corrected chi connectivity index (χ2v) is 4.87. The summed E-state index contributed by atoms with van der Waals surface area (Å²) in [5.74, 6) is 0. The predicted molar refractivity (Wildman–Crippen MR) is 83.1 cm³/mol. The lowest BCUT2D eigenvalue weighted by Gasteiger charge is -2.38. The van der Waals surface area contributed by atoms with Crippen LogP contribution >= 0.6 is 23.8 Å². The van der Waals surface area contributed by atoms with Gasteiger partial charge in [-0.3, -0.25) is 0 Å². The average Bonchev–Trinajstić information content (AvgIpc) is 2.38. The number of halogens is 1. The van der Waals surface area contributed by atoms with Gasteiger partial charge in [0.15, 0.2) is 0 Å². The molecule has 0 aliphatic rings. The van der Waals surface area contributed by atoms with Crippen LogP contribution in [0.15, 0.2) is 24.3 Å². The Labute approximate surface area is 119 Å². The summed E-state index contributed by atoms with van der Waals surface area (Å²) < 4.78 is 0. The van der Waals surface area contributed by atoms with Gasteiger partial charge in [-0.15, -0.1) is 0 Å². The van der Waals surface area contributed by atoms with Gasteiger partial charge in [-0.05, 0) is 31.0 Å². The second kappa shape index (κ2) is 6.92. The Kier molecular flexibility index (Phi) is 5.85. The lowest BCUT2D eigenvalue weighted by Crippen LogP contribution is -2.60. The topological polar surface area (TPSA) is 27.3 Å². The fourth-order valence-corrected chi connectivity index (χ4v) is 2.24. The summed E-state index contributed by atoms with van der Waals surface area (Å²) in [5.41, 5.74) is 5.79. The van der Waals surface area contributed by atoms with Crippen LogP contribution in [0.1, 0.15) is 26.7 Å². The van der Waals surface area contributed by atoms with Crippen molar-refractivity contribution in [3.05, 3.63) is 29.3 Å². The quantitative estimate of drug-likeness (QED) is 0.456. The van der Waals surface area contributed by atoms with E-state index in [1.165, 1.54) is 0 Å². The molecule has 0 amide bonds. The Morgan fingerprint density at radius 1 is 1.39 bits per heavy atom. The molecule has 0 bridgehead atoms. The van der Waals surface area contributed by atoms with E-state index < -0.39 is 0 Å². The minimum atomic E-state index is -0.223. The molecule has 5 heteroatoms. The number of nitrogens with one attached hydrogen (secondary N) is 2. The van der Waals surface area contributed by atoms with Crippen molar-refractivity contribution in [2.45, 2.75) is 32.4 Å². The van der Waals surface area contributed by atoms with Crippen LogP contribution in [0.2, 0.25) is 5.02 Å². The molecule has 0 fully saturated rings. The van der Waals surface area contributed by atoms with Crippen molar-refractivity contribution in [2.24, 2.45) is 0 Å². The summed E-state index contributed by atoms with van der Waals surface area (Å²) in [5, 5.41) is 5.90. The van der Waals surface area contributed by atoms with Crippen molar-refractivity contribution in [2.75, 3.05) is 12.1 Å². The fourth-order valence-electron chi connectivity index (χ4n) is 1.83. The first-order valence-corrected chi connectivity index (χ1v) is 6.90. The normalized spacial score (nSPS) is 11.1. The van der Waals surface area contributed by atoms with Crippen molar-refractivity contribution in [3.63, 3.8) is 0 Å². The Hall–Kier alpha value is -0.840. The standard InChI is InChI=1S/C13H20ClN3S/c1-4-13(5-2,15-10-18)16-17(3)12-8-6-7-11(14)9-12/h6-10,16H,4-5H2,1-3H3,(H,15,18). The molecule has 0 radical (unpaired) electrons. The monoisotopic (exact) mass is 285 g/mol. The van der Waals surface area contributed by atoms with Gasteiger partial charge in [0.05, 0.1) is 11.2 Å². The van der Waals surface area contributed by atoms with Gasteiger partial charge in [0.2, 0.25) is 0 Å². The molecule has 0 heterocycles. The molecule has 100 valence electrons. The number of nitrogens with zero attached hydrogens (tertiary/aromatic N) is 1. The third-order valence-corrected chi connectivity index (χ3v) is 3.47. The van der Waals surface area contributed by atoms with Crippen LogP contribution in [0.25, 0.3) is 0 Å². The van der Waals surface area contributed by atoms with E-state index in [9.17, 15) is 0 Å². The van der Waals surface area contributed by atoms with E-state index in [0.29, 0.717) is 0 Å². The minimum absolute atomic E-state index is 0.223. The highest BCUT2D eigenvalue weighted by molar-refractivity contribution is 7.78. The largest absolute Gasteiger partial charge is 0.363 e. The summed E-state index contributed by atoms with van der Waals surface area (Å²) in [7, 11) is 1.97. The molecule has 0 aliphatic heterocycles. The van der Waals surface area contributed by atoms with E-state index in [0.717, 1.165) is 23.6 Å². The van der Waals surface area contributed by atoms with Crippen LogP contribution in [0, 0.1) is 0 Å². The third kappa shape index (κ3) is 3.83. The van der Waals surface area contributed by atoms with Gasteiger partial charge in [-0.25, -0.2) is 5.43 Å². The summed E-state index contributed by atoms with van der Waals surface area (Å²) in [6, 6.07) is 7.72. The van der Waals surface area contributed by atoms with Crippen LogP contribution in [0.4, 0.5) is 5.69 Å². The van der Waals surface area contributed by atoms with E-state index in [4.69, 9.17) is 23.8 Å². The smallest absolute Gasteiger partial charge is 0.105 e. The molecular weight excluding hydrogens is 266 g/mol. The number of hydrogen-bond acceptors (Lipinski definition) is 3. The molecule has 0 aromatic heterocycles. The second-order valence-electron chi connectivity index (χ2n) is 4.20. The molecule has 0 atom stereocenters. The molecule has 1 aromatic carbocycles. The Balaban J connectivity index is 2.84. The first-order valence-electron chi connectivity index (χ1n) is 6.05. The predicted octanol–water partition coefficient (Wildman–Crippen LogP) is 3.34. The van der Waals surface area contributed by atoms with Gasteiger partial charge in [-0.1, -0.05) is 43.7 Å². The SMILES string of the molecule is CCC(CC)(NC=S)NN(C)c1cccc(Cl)c1. The zero-order valence-electron chi connectivity index (χ0n) is 11.0. The summed E-state index contributed by atoms with van der Waals surface area (Å²) in [6.45, 7) is 4.24.